The van der Waals surface area contributed by atoms with Gasteiger partial charge in [-0.15, -0.1) is 0 Å². The standard InChI is InChI=1S/C20H23FN4O4S/c21-15-5-1-2-6-17(15)29-10-19(27)23-20-14-11-30-12-16(14)24-25(20)9-18(26)22-8-13-4-3-7-28-13/h1-2,5-6,13H,3-4,7-12H2,(H,22,26)(H,23,27)/t13-/m1/s1. The van der Waals surface area contributed by atoms with Crippen LogP contribution < -0.4 is 15.4 Å². The number of fused-ring (bicyclic) bond motifs is 1. The van der Waals surface area contributed by atoms with Crippen molar-refractivity contribution in [3.05, 3.63) is 41.3 Å². The predicted molar refractivity (Wildman–Crippen MR) is 110 cm³/mol. The fourth-order valence-corrected chi connectivity index (χ4v) is 4.45. The molecule has 1 fully saturated rings. The third-order valence-corrected chi connectivity index (χ3v) is 5.89. The van der Waals surface area contributed by atoms with Gasteiger partial charge in [-0.3, -0.25) is 9.59 Å². The summed E-state index contributed by atoms with van der Waals surface area (Å²) in [7, 11) is 0. The molecule has 0 spiro atoms. The molecule has 2 aliphatic heterocycles. The molecule has 3 heterocycles. The number of para-hydroxylation sites is 1. The number of hydrogen-bond acceptors (Lipinski definition) is 6. The lowest BCUT2D eigenvalue weighted by atomic mass is 10.2. The molecular formula is C20H23FN4O4S. The number of rotatable bonds is 8. The Morgan fingerprint density at radius 3 is 2.97 bits per heavy atom. The van der Waals surface area contributed by atoms with Gasteiger partial charge in [-0.2, -0.15) is 16.9 Å². The normalized spacial score (nSPS) is 17.6. The van der Waals surface area contributed by atoms with E-state index in [-0.39, 0.29) is 30.9 Å². The maximum Gasteiger partial charge on any atom is 0.263 e. The second-order valence-corrected chi connectivity index (χ2v) is 8.12. The quantitative estimate of drug-likeness (QED) is 0.661. The number of ether oxygens (including phenoxy) is 2. The van der Waals surface area contributed by atoms with E-state index in [9.17, 15) is 14.0 Å². The number of anilines is 1. The molecule has 1 aromatic carbocycles. The number of carbonyl (C=O) groups excluding carboxylic acids is 2. The van der Waals surface area contributed by atoms with Crippen LogP contribution in [0.15, 0.2) is 24.3 Å². The minimum Gasteiger partial charge on any atom is -0.481 e. The third-order valence-electron chi connectivity index (χ3n) is 4.92. The van der Waals surface area contributed by atoms with Crippen LogP contribution in [0.5, 0.6) is 5.75 Å². The van der Waals surface area contributed by atoms with Crippen molar-refractivity contribution in [2.24, 2.45) is 0 Å². The summed E-state index contributed by atoms with van der Waals surface area (Å²) in [6.07, 6.45) is 2.01. The lowest BCUT2D eigenvalue weighted by molar-refractivity contribution is -0.122. The number of hydrogen-bond donors (Lipinski definition) is 2. The number of benzene rings is 1. The highest BCUT2D eigenvalue weighted by Crippen LogP contribution is 2.34. The Hall–Kier alpha value is -2.59. The van der Waals surface area contributed by atoms with Crippen LogP contribution in [0.25, 0.3) is 0 Å². The van der Waals surface area contributed by atoms with Gasteiger partial charge in [0, 0.05) is 30.2 Å². The fourth-order valence-electron chi connectivity index (χ4n) is 3.42. The summed E-state index contributed by atoms with van der Waals surface area (Å²) in [6, 6.07) is 5.90. The summed E-state index contributed by atoms with van der Waals surface area (Å²) in [5.41, 5.74) is 1.77. The monoisotopic (exact) mass is 434 g/mol. The molecule has 2 aromatic rings. The Bertz CT molecular complexity index is 930. The van der Waals surface area contributed by atoms with Crippen LogP contribution in [0.3, 0.4) is 0 Å². The van der Waals surface area contributed by atoms with Crippen LogP contribution in [0.1, 0.15) is 24.1 Å². The van der Waals surface area contributed by atoms with Gasteiger partial charge in [0.05, 0.1) is 11.8 Å². The van der Waals surface area contributed by atoms with Gasteiger partial charge in [-0.05, 0) is 25.0 Å². The van der Waals surface area contributed by atoms with Gasteiger partial charge < -0.3 is 20.1 Å². The Morgan fingerprint density at radius 2 is 2.17 bits per heavy atom. The topological polar surface area (TPSA) is 94.5 Å². The molecule has 2 N–H and O–H groups in total. The Balaban J connectivity index is 1.37. The Labute approximate surface area is 177 Å². The predicted octanol–water partition coefficient (Wildman–Crippen LogP) is 2.08. The molecule has 2 aliphatic rings. The van der Waals surface area contributed by atoms with E-state index in [1.54, 1.807) is 23.9 Å². The number of amides is 2. The minimum absolute atomic E-state index is 0.00578. The first-order valence-corrected chi connectivity index (χ1v) is 11.0. The van der Waals surface area contributed by atoms with E-state index in [1.807, 2.05) is 0 Å². The molecule has 30 heavy (non-hydrogen) atoms. The number of nitrogens with zero attached hydrogens (tertiary/aromatic N) is 2. The van der Waals surface area contributed by atoms with Gasteiger partial charge in [-0.1, -0.05) is 12.1 Å². The maximum absolute atomic E-state index is 13.7. The molecule has 2 amide bonds. The van der Waals surface area contributed by atoms with Crippen LogP contribution in [0.4, 0.5) is 10.2 Å². The van der Waals surface area contributed by atoms with E-state index < -0.39 is 11.7 Å². The lowest BCUT2D eigenvalue weighted by Crippen LogP contribution is -2.35. The van der Waals surface area contributed by atoms with Crippen molar-refractivity contribution in [3.8, 4) is 5.75 Å². The van der Waals surface area contributed by atoms with Gasteiger partial charge in [0.15, 0.2) is 18.2 Å². The van der Waals surface area contributed by atoms with E-state index in [0.717, 1.165) is 36.5 Å². The van der Waals surface area contributed by atoms with Gasteiger partial charge in [0.25, 0.3) is 5.91 Å². The fraction of sp³-hybridized carbons (Fsp3) is 0.450. The van der Waals surface area contributed by atoms with Crippen molar-refractivity contribution in [2.75, 3.05) is 25.1 Å². The summed E-state index contributed by atoms with van der Waals surface area (Å²) >= 11 is 1.69. The summed E-state index contributed by atoms with van der Waals surface area (Å²) in [5, 5.41) is 10.1. The van der Waals surface area contributed by atoms with E-state index in [1.165, 1.54) is 16.8 Å². The van der Waals surface area contributed by atoms with Crippen LogP contribution in [0.2, 0.25) is 0 Å². The number of halogens is 1. The van der Waals surface area contributed by atoms with Crippen molar-refractivity contribution < 1.29 is 23.5 Å². The summed E-state index contributed by atoms with van der Waals surface area (Å²) in [4.78, 5) is 24.8. The Kier molecular flexibility index (Phi) is 6.53. The first kappa shape index (κ1) is 20.7. The van der Waals surface area contributed by atoms with Gasteiger partial charge >= 0.3 is 0 Å². The molecule has 10 heteroatoms. The van der Waals surface area contributed by atoms with E-state index in [2.05, 4.69) is 15.7 Å². The highest BCUT2D eigenvalue weighted by molar-refractivity contribution is 7.98. The van der Waals surface area contributed by atoms with Crippen LogP contribution >= 0.6 is 11.8 Å². The van der Waals surface area contributed by atoms with Crippen molar-refractivity contribution in [3.63, 3.8) is 0 Å². The van der Waals surface area contributed by atoms with E-state index >= 15 is 0 Å². The van der Waals surface area contributed by atoms with Gasteiger partial charge in [0.1, 0.15) is 12.4 Å². The number of carbonyl (C=O) groups is 2. The van der Waals surface area contributed by atoms with Gasteiger partial charge in [-0.25, -0.2) is 9.07 Å². The lowest BCUT2D eigenvalue weighted by Gasteiger charge is -2.13. The average Bonchev–Trinajstić information content (AvgIpc) is 3.46. The second kappa shape index (κ2) is 9.48. The van der Waals surface area contributed by atoms with E-state index in [4.69, 9.17) is 9.47 Å². The van der Waals surface area contributed by atoms with Crippen LogP contribution in [-0.4, -0.2) is 47.5 Å². The number of thioether (sulfide) groups is 1. The summed E-state index contributed by atoms with van der Waals surface area (Å²) in [5.74, 6) is 0.761. The van der Waals surface area contributed by atoms with Crippen LogP contribution in [-0.2, 0) is 32.4 Å². The van der Waals surface area contributed by atoms with E-state index in [0.29, 0.717) is 18.1 Å². The highest BCUT2D eigenvalue weighted by atomic mass is 32.2. The molecule has 1 saturated heterocycles. The van der Waals surface area contributed by atoms with Crippen molar-refractivity contribution in [1.82, 2.24) is 15.1 Å². The minimum atomic E-state index is -0.532. The average molecular weight is 434 g/mol. The first-order valence-electron chi connectivity index (χ1n) is 9.82. The zero-order chi connectivity index (χ0) is 20.9. The molecule has 0 bridgehead atoms. The third kappa shape index (κ3) is 4.93. The molecule has 1 aromatic heterocycles. The molecule has 0 radical (unpaired) electrons. The van der Waals surface area contributed by atoms with Crippen molar-refractivity contribution >= 4 is 29.4 Å². The molecule has 0 saturated carbocycles. The zero-order valence-electron chi connectivity index (χ0n) is 16.4. The smallest absolute Gasteiger partial charge is 0.263 e. The molecule has 0 unspecified atom stereocenters. The largest absolute Gasteiger partial charge is 0.481 e. The van der Waals surface area contributed by atoms with Gasteiger partial charge in [0.2, 0.25) is 5.91 Å². The first-order chi connectivity index (χ1) is 14.6. The molecule has 1 atom stereocenters. The van der Waals surface area contributed by atoms with Crippen molar-refractivity contribution in [2.45, 2.75) is 37.0 Å². The molecule has 4 rings (SSSR count). The number of nitrogens with one attached hydrogen (secondary N) is 2. The van der Waals surface area contributed by atoms with Crippen molar-refractivity contribution in [1.29, 1.82) is 0 Å². The second-order valence-electron chi connectivity index (χ2n) is 7.13. The highest BCUT2D eigenvalue weighted by Gasteiger charge is 2.25. The molecule has 160 valence electrons. The number of aromatic nitrogens is 2. The van der Waals surface area contributed by atoms with Crippen LogP contribution in [0, 0.1) is 5.82 Å². The zero-order valence-corrected chi connectivity index (χ0v) is 17.2. The molecule has 0 aliphatic carbocycles. The summed E-state index contributed by atoms with van der Waals surface area (Å²) in [6.45, 7) is 0.844. The summed E-state index contributed by atoms with van der Waals surface area (Å²) < 4.78 is 26.0. The molecular weight excluding hydrogens is 411 g/mol. The SMILES string of the molecule is O=C(Cn1nc2c(c1NC(=O)COc1ccccc1F)CSC2)NC[C@H]1CCCO1. The maximum atomic E-state index is 13.7. The molecule has 8 nitrogen and oxygen atoms in total. The Morgan fingerprint density at radius 1 is 1.30 bits per heavy atom.